The number of aryl methyl sites for hydroxylation is 1. The van der Waals surface area contributed by atoms with E-state index >= 15 is 0 Å². The predicted molar refractivity (Wildman–Crippen MR) is 149 cm³/mol. The fourth-order valence-electron chi connectivity index (χ4n) is 3.31. The molecule has 9 nitrogen and oxygen atoms in total. The minimum Gasteiger partial charge on any atom is -0.474 e. The maximum atomic E-state index is 11.7. The zero-order valence-electron chi connectivity index (χ0n) is 19.8. The van der Waals surface area contributed by atoms with Gasteiger partial charge in [0.15, 0.2) is 0 Å². The van der Waals surface area contributed by atoms with Gasteiger partial charge in [-0.2, -0.15) is 4.98 Å². The number of rotatable bonds is 7. The molecule has 0 atom stereocenters. The second kappa shape index (κ2) is 15.0. The van der Waals surface area contributed by atoms with Gasteiger partial charge in [-0.25, -0.2) is 4.79 Å². The van der Waals surface area contributed by atoms with E-state index in [0.29, 0.717) is 30.6 Å². The molecule has 1 amide bonds. The van der Waals surface area contributed by atoms with E-state index in [4.69, 9.17) is 25.4 Å². The van der Waals surface area contributed by atoms with Crippen molar-refractivity contribution in [2.75, 3.05) is 55.5 Å². The van der Waals surface area contributed by atoms with E-state index in [1.165, 1.54) is 11.8 Å². The van der Waals surface area contributed by atoms with Crippen LogP contribution in [-0.2, 0) is 9.47 Å². The first kappa shape index (κ1) is 28.1. The molecular weight excluding hydrogens is 458 g/mol. The SMILES string of the molecule is C.Cc1cccc(C=N)c1.Nc1cc(N2CCOCC2)cc(OCCOC(=O)Nc2ccccc2)n1.[HH].[HH]. The van der Waals surface area contributed by atoms with Crippen LogP contribution >= 0.6 is 0 Å². The Morgan fingerprint density at radius 2 is 1.89 bits per heavy atom. The molecule has 0 radical (unpaired) electrons. The molecule has 3 aromatic rings. The highest BCUT2D eigenvalue weighted by Gasteiger charge is 2.13. The first-order chi connectivity index (χ1) is 17.0. The summed E-state index contributed by atoms with van der Waals surface area (Å²) >= 11 is 0. The Balaban J connectivity index is 0.000000978. The molecule has 2 aromatic carbocycles. The van der Waals surface area contributed by atoms with Crippen molar-refractivity contribution < 1.29 is 21.9 Å². The molecule has 1 aliphatic heterocycles. The number of aromatic nitrogens is 1. The van der Waals surface area contributed by atoms with Gasteiger partial charge in [0.2, 0.25) is 5.88 Å². The largest absolute Gasteiger partial charge is 0.474 e. The Morgan fingerprint density at radius 1 is 1.14 bits per heavy atom. The number of carbonyl (C=O) groups excluding carboxylic acids is 1. The van der Waals surface area contributed by atoms with Crippen LogP contribution in [0, 0.1) is 12.3 Å². The summed E-state index contributed by atoms with van der Waals surface area (Å²) in [5, 5.41) is 9.55. The number of anilines is 3. The fraction of sp³-hybridized carbons (Fsp3) is 0.296. The number of carbonyl (C=O) groups is 1. The summed E-state index contributed by atoms with van der Waals surface area (Å²) < 4.78 is 16.0. The van der Waals surface area contributed by atoms with Gasteiger partial charge < -0.3 is 30.3 Å². The van der Waals surface area contributed by atoms with Gasteiger partial charge in [-0.3, -0.25) is 5.32 Å². The third-order valence-corrected chi connectivity index (χ3v) is 4.98. The van der Waals surface area contributed by atoms with Crippen LogP contribution in [0.1, 0.15) is 21.4 Å². The number of benzene rings is 2. The lowest BCUT2D eigenvalue weighted by molar-refractivity contribution is 0.122. The number of nitrogens with two attached hydrogens (primary N) is 1. The van der Waals surface area contributed by atoms with Crippen LogP contribution in [0.2, 0.25) is 0 Å². The quantitative estimate of drug-likeness (QED) is 0.301. The lowest BCUT2D eigenvalue weighted by atomic mass is 10.2. The number of pyridine rings is 1. The number of nitrogens with zero attached hydrogens (tertiary/aromatic N) is 2. The molecule has 36 heavy (non-hydrogen) atoms. The summed E-state index contributed by atoms with van der Waals surface area (Å²) in [4.78, 5) is 18.0. The third-order valence-electron chi connectivity index (χ3n) is 4.98. The topological polar surface area (TPSA) is 123 Å². The zero-order chi connectivity index (χ0) is 24.9. The lowest BCUT2D eigenvalue weighted by Gasteiger charge is -2.29. The Hall–Kier alpha value is -4.11. The van der Waals surface area contributed by atoms with E-state index in [9.17, 15) is 4.79 Å². The molecule has 1 aliphatic rings. The highest BCUT2D eigenvalue weighted by Crippen LogP contribution is 2.23. The number of para-hydroxylation sites is 1. The van der Waals surface area contributed by atoms with Crippen LogP contribution in [-0.4, -0.2) is 56.8 Å². The number of morpholine rings is 1. The number of nitrogens with one attached hydrogen (secondary N) is 2. The Morgan fingerprint density at radius 3 is 2.56 bits per heavy atom. The van der Waals surface area contributed by atoms with E-state index in [2.05, 4.69) is 15.2 Å². The van der Waals surface area contributed by atoms with Crippen LogP contribution in [0.15, 0.2) is 66.7 Å². The van der Waals surface area contributed by atoms with Gasteiger partial charge in [0.1, 0.15) is 19.0 Å². The van der Waals surface area contributed by atoms with Crippen molar-refractivity contribution in [3.63, 3.8) is 0 Å². The number of ether oxygens (including phenoxy) is 3. The van der Waals surface area contributed by atoms with Crippen LogP contribution in [0.5, 0.6) is 5.88 Å². The van der Waals surface area contributed by atoms with Crippen molar-refractivity contribution in [1.29, 1.82) is 5.41 Å². The molecule has 4 rings (SSSR count). The van der Waals surface area contributed by atoms with E-state index in [1.807, 2.05) is 61.5 Å². The van der Waals surface area contributed by atoms with Crippen LogP contribution in [0.4, 0.5) is 22.0 Å². The number of hydrogen-bond donors (Lipinski definition) is 3. The second-order valence-electron chi connectivity index (χ2n) is 7.72. The second-order valence-corrected chi connectivity index (χ2v) is 7.72. The molecule has 0 bridgehead atoms. The van der Waals surface area contributed by atoms with Gasteiger partial charge in [-0.15, -0.1) is 0 Å². The molecule has 0 spiro atoms. The molecular formula is C27H39N5O4. The summed E-state index contributed by atoms with van der Waals surface area (Å²) in [7, 11) is 0. The van der Waals surface area contributed by atoms with Crippen molar-refractivity contribution in [2.45, 2.75) is 14.4 Å². The van der Waals surface area contributed by atoms with Gasteiger partial charge in [0.05, 0.1) is 13.2 Å². The predicted octanol–water partition coefficient (Wildman–Crippen LogP) is 5.25. The lowest BCUT2D eigenvalue weighted by Crippen LogP contribution is -2.36. The van der Waals surface area contributed by atoms with Crippen molar-refractivity contribution in [3.8, 4) is 5.88 Å². The van der Waals surface area contributed by atoms with Crippen molar-refractivity contribution in [2.24, 2.45) is 0 Å². The van der Waals surface area contributed by atoms with E-state index in [0.717, 1.165) is 24.3 Å². The van der Waals surface area contributed by atoms with Gasteiger partial charge in [0, 0.05) is 45.7 Å². The highest BCUT2D eigenvalue weighted by molar-refractivity contribution is 5.84. The Bertz CT molecular complexity index is 1100. The van der Waals surface area contributed by atoms with E-state index < -0.39 is 6.09 Å². The molecule has 2 heterocycles. The van der Waals surface area contributed by atoms with Gasteiger partial charge in [-0.05, 0) is 24.6 Å². The minimum atomic E-state index is -0.533. The number of nitrogen functional groups attached to an aromatic ring is 1. The smallest absolute Gasteiger partial charge is 0.411 e. The standard InChI is InChI=1S/C18H22N4O4.C8H9N.CH4.2H2/c19-16-12-15(22-6-8-24-9-7-22)13-17(21-16)25-10-11-26-18(23)20-14-4-2-1-3-5-14;1-7-3-2-4-8(5-7)6-9;;;/h1-5,12-13H,6-11H2,(H2,19,21)(H,20,23);2-6,9H,1H3;1H4;2*1H. The summed E-state index contributed by atoms with van der Waals surface area (Å²) in [6, 6.07) is 20.6. The van der Waals surface area contributed by atoms with E-state index in [-0.39, 0.29) is 23.5 Å². The Labute approximate surface area is 215 Å². The molecule has 4 N–H and O–H groups in total. The molecule has 196 valence electrons. The van der Waals surface area contributed by atoms with Crippen LogP contribution in [0.25, 0.3) is 0 Å². The first-order valence-corrected chi connectivity index (χ1v) is 11.3. The van der Waals surface area contributed by atoms with Gasteiger partial charge in [0.25, 0.3) is 0 Å². The van der Waals surface area contributed by atoms with Gasteiger partial charge in [-0.1, -0.05) is 55.5 Å². The molecule has 0 aliphatic carbocycles. The van der Waals surface area contributed by atoms with Crippen LogP contribution in [0.3, 0.4) is 0 Å². The zero-order valence-corrected chi connectivity index (χ0v) is 19.8. The average molecular weight is 498 g/mol. The number of hydrogen-bond acceptors (Lipinski definition) is 8. The Kier molecular flexibility index (Phi) is 11.7. The minimum absolute atomic E-state index is 0. The maximum absolute atomic E-state index is 11.7. The van der Waals surface area contributed by atoms with E-state index in [1.54, 1.807) is 12.1 Å². The van der Waals surface area contributed by atoms with Crippen LogP contribution < -0.4 is 20.7 Å². The van der Waals surface area contributed by atoms with Gasteiger partial charge >= 0.3 is 6.09 Å². The third kappa shape index (κ3) is 9.63. The monoisotopic (exact) mass is 497 g/mol. The van der Waals surface area contributed by atoms with Crippen molar-refractivity contribution in [3.05, 3.63) is 77.9 Å². The van der Waals surface area contributed by atoms with Crippen molar-refractivity contribution >= 4 is 29.5 Å². The summed E-state index contributed by atoms with van der Waals surface area (Å²) in [6.45, 7) is 5.26. The first-order valence-electron chi connectivity index (χ1n) is 11.3. The molecule has 0 unspecified atom stereocenters. The molecule has 1 fully saturated rings. The molecule has 1 saturated heterocycles. The molecule has 9 heteroatoms. The summed E-state index contributed by atoms with van der Waals surface area (Å²) in [6.07, 6.45) is 0.821. The fourth-order valence-corrected chi connectivity index (χ4v) is 3.31. The maximum Gasteiger partial charge on any atom is 0.411 e. The average Bonchev–Trinajstić information content (AvgIpc) is 2.88. The summed E-state index contributed by atoms with van der Waals surface area (Å²) in [5.41, 5.74) is 9.65. The highest BCUT2D eigenvalue weighted by atomic mass is 16.6. The molecule has 0 saturated carbocycles. The normalized spacial score (nSPS) is 12.3. The summed E-state index contributed by atoms with van der Waals surface area (Å²) in [5.74, 6) is 0.783. The molecule has 1 aromatic heterocycles. The number of amides is 1. The van der Waals surface area contributed by atoms with Crippen molar-refractivity contribution in [1.82, 2.24) is 4.98 Å².